The molecule has 1 saturated carbocycles. The summed E-state index contributed by atoms with van der Waals surface area (Å²) in [6.07, 6.45) is 2.52. The van der Waals surface area contributed by atoms with Crippen molar-refractivity contribution >= 4 is 32.8 Å². The molecule has 0 radical (unpaired) electrons. The fraction of sp³-hybridized carbons (Fsp3) is 0.400. The van der Waals surface area contributed by atoms with Crippen LogP contribution in [0.1, 0.15) is 35.4 Å². The molecule has 0 saturated heterocycles. The topological polar surface area (TPSA) is 62.5 Å². The molecule has 1 aliphatic rings. The number of furan rings is 1. The van der Waals surface area contributed by atoms with Crippen LogP contribution in [0.4, 0.5) is 0 Å². The molecule has 0 unspecified atom stereocenters. The van der Waals surface area contributed by atoms with Gasteiger partial charge in [-0.2, -0.15) is 0 Å². The number of amides is 1. The second-order valence-corrected chi connectivity index (χ2v) is 6.37. The predicted molar refractivity (Wildman–Crippen MR) is 79.8 cm³/mol. The molecule has 106 valence electrons. The number of aliphatic hydroxyl groups is 1. The molecule has 0 bridgehead atoms. The van der Waals surface area contributed by atoms with Gasteiger partial charge in [0.25, 0.3) is 5.91 Å². The van der Waals surface area contributed by atoms with Gasteiger partial charge in [-0.15, -0.1) is 0 Å². The van der Waals surface area contributed by atoms with Crippen LogP contribution < -0.4 is 5.32 Å². The van der Waals surface area contributed by atoms with Crippen molar-refractivity contribution in [2.75, 3.05) is 6.54 Å². The van der Waals surface area contributed by atoms with Gasteiger partial charge in [0.1, 0.15) is 5.58 Å². The van der Waals surface area contributed by atoms with E-state index < -0.39 is 5.60 Å². The van der Waals surface area contributed by atoms with Gasteiger partial charge in [-0.3, -0.25) is 4.79 Å². The zero-order valence-electron chi connectivity index (χ0n) is 11.2. The van der Waals surface area contributed by atoms with E-state index >= 15 is 0 Å². The van der Waals surface area contributed by atoms with E-state index in [-0.39, 0.29) is 12.5 Å². The molecule has 2 aromatic rings. The average Bonchev–Trinajstić information content (AvgIpc) is 2.71. The molecule has 5 heteroatoms. The summed E-state index contributed by atoms with van der Waals surface area (Å²) in [6, 6.07) is 5.65. The Hall–Kier alpha value is -1.33. The summed E-state index contributed by atoms with van der Waals surface area (Å²) in [5.41, 5.74) is 0.788. The van der Waals surface area contributed by atoms with Crippen LogP contribution in [-0.4, -0.2) is 23.2 Å². The van der Waals surface area contributed by atoms with Crippen LogP contribution in [0.2, 0.25) is 0 Å². The Balaban J connectivity index is 1.82. The second kappa shape index (κ2) is 4.90. The van der Waals surface area contributed by atoms with Crippen molar-refractivity contribution in [1.82, 2.24) is 5.32 Å². The Labute approximate surface area is 125 Å². The highest BCUT2D eigenvalue weighted by Crippen LogP contribution is 2.31. The number of benzene rings is 1. The van der Waals surface area contributed by atoms with E-state index in [2.05, 4.69) is 21.2 Å². The Morgan fingerprint density at radius 3 is 2.90 bits per heavy atom. The van der Waals surface area contributed by atoms with E-state index in [4.69, 9.17) is 4.42 Å². The van der Waals surface area contributed by atoms with Crippen molar-refractivity contribution < 1.29 is 14.3 Å². The van der Waals surface area contributed by atoms with Crippen LogP contribution in [-0.2, 0) is 0 Å². The summed E-state index contributed by atoms with van der Waals surface area (Å²) in [4.78, 5) is 12.2. The van der Waals surface area contributed by atoms with Crippen LogP contribution in [0.5, 0.6) is 0 Å². The first kappa shape index (κ1) is 13.6. The zero-order chi connectivity index (χ0) is 14.3. The van der Waals surface area contributed by atoms with E-state index in [1.807, 2.05) is 25.1 Å². The van der Waals surface area contributed by atoms with E-state index in [9.17, 15) is 9.90 Å². The van der Waals surface area contributed by atoms with Gasteiger partial charge in [-0.05, 0) is 44.4 Å². The Bertz CT molecular complexity index is 673. The molecular formula is C15H16BrNO3. The molecular weight excluding hydrogens is 322 g/mol. The van der Waals surface area contributed by atoms with Crippen LogP contribution in [0.15, 0.2) is 27.1 Å². The number of hydrogen-bond acceptors (Lipinski definition) is 3. The number of hydrogen-bond donors (Lipinski definition) is 2. The first-order valence-electron chi connectivity index (χ1n) is 6.68. The van der Waals surface area contributed by atoms with Gasteiger partial charge in [-0.25, -0.2) is 0 Å². The highest BCUT2D eigenvalue weighted by atomic mass is 79.9. The van der Waals surface area contributed by atoms with E-state index in [1.54, 1.807) is 0 Å². The highest BCUT2D eigenvalue weighted by Gasteiger charge is 2.35. The zero-order valence-corrected chi connectivity index (χ0v) is 12.8. The van der Waals surface area contributed by atoms with E-state index in [0.717, 1.165) is 34.7 Å². The Morgan fingerprint density at radius 1 is 1.50 bits per heavy atom. The van der Waals surface area contributed by atoms with Crippen LogP contribution in [0.25, 0.3) is 11.0 Å². The number of fused-ring (bicyclic) bond motifs is 1. The number of nitrogens with one attached hydrogen (secondary N) is 1. The van der Waals surface area contributed by atoms with Gasteiger partial charge in [0, 0.05) is 22.0 Å². The molecule has 20 heavy (non-hydrogen) atoms. The van der Waals surface area contributed by atoms with E-state index in [0.29, 0.717) is 11.3 Å². The average molecular weight is 338 g/mol. The largest absolute Gasteiger partial charge is 0.451 e. The van der Waals surface area contributed by atoms with Gasteiger partial charge in [0.15, 0.2) is 5.76 Å². The monoisotopic (exact) mass is 337 g/mol. The first-order valence-corrected chi connectivity index (χ1v) is 7.47. The van der Waals surface area contributed by atoms with Crippen molar-refractivity contribution in [3.05, 3.63) is 34.0 Å². The summed E-state index contributed by atoms with van der Waals surface area (Å²) in [5.74, 6) is 0.0520. The molecule has 4 nitrogen and oxygen atoms in total. The lowest BCUT2D eigenvalue weighted by molar-refractivity contribution is -0.0301. The minimum atomic E-state index is -0.724. The summed E-state index contributed by atoms with van der Waals surface area (Å²) in [6.45, 7) is 2.15. The summed E-state index contributed by atoms with van der Waals surface area (Å²) >= 11 is 3.41. The molecule has 1 fully saturated rings. The fourth-order valence-electron chi connectivity index (χ4n) is 2.50. The second-order valence-electron chi connectivity index (χ2n) is 5.46. The maximum absolute atomic E-state index is 12.2. The Morgan fingerprint density at radius 2 is 2.25 bits per heavy atom. The fourth-order valence-corrected chi connectivity index (χ4v) is 2.86. The van der Waals surface area contributed by atoms with Crippen molar-refractivity contribution in [3.8, 4) is 0 Å². The summed E-state index contributed by atoms with van der Waals surface area (Å²) in [7, 11) is 0. The normalized spacial score (nSPS) is 16.9. The quantitative estimate of drug-likeness (QED) is 0.904. The Kier molecular flexibility index (Phi) is 3.34. The van der Waals surface area contributed by atoms with Crippen LogP contribution >= 0.6 is 15.9 Å². The third kappa shape index (κ3) is 2.36. The minimum absolute atomic E-state index is 0.268. The molecule has 3 rings (SSSR count). The highest BCUT2D eigenvalue weighted by molar-refractivity contribution is 9.10. The number of carbonyl (C=O) groups excluding carboxylic acids is 1. The molecule has 1 heterocycles. The molecule has 1 amide bonds. The van der Waals surface area contributed by atoms with Crippen LogP contribution in [0.3, 0.4) is 0 Å². The van der Waals surface area contributed by atoms with Crippen molar-refractivity contribution in [2.24, 2.45) is 0 Å². The van der Waals surface area contributed by atoms with Gasteiger partial charge in [0.2, 0.25) is 0 Å². The van der Waals surface area contributed by atoms with E-state index in [1.165, 1.54) is 0 Å². The lowest BCUT2D eigenvalue weighted by Crippen LogP contribution is -2.47. The lowest BCUT2D eigenvalue weighted by atomic mass is 9.80. The van der Waals surface area contributed by atoms with Gasteiger partial charge in [0.05, 0.1) is 5.60 Å². The van der Waals surface area contributed by atoms with Crippen molar-refractivity contribution in [2.45, 2.75) is 31.8 Å². The first-order chi connectivity index (χ1) is 9.48. The van der Waals surface area contributed by atoms with Crippen LogP contribution in [0, 0.1) is 6.92 Å². The molecule has 1 aliphatic carbocycles. The third-order valence-corrected chi connectivity index (χ3v) is 4.46. The van der Waals surface area contributed by atoms with Gasteiger partial charge < -0.3 is 14.8 Å². The third-order valence-electron chi connectivity index (χ3n) is 3.97. The maximum atomic E-state index is 12.2. The van der Waals surface area contributed by atoms with Gasteiger partial charge in [-0.1, -0.05) is 15.9 Å². The number of carbonyl (C=O) groups is 1. The summed E-state index contributed by atoms with van der Waals surface area (Å²) in [5, 5.41) is 13.7. The van der Waals surface area contributed by atoms with Crippen molar-refractivity contribution in [3.63, 3.8) is 0 Å². The maximum Gasteiger partial charge on any atom is 0.287 e. The minimum Gasteiger partial charge on any atom is -0.451 e. The molecule has 0 spiro atoms. The number of aryl methyl sites for hydroxylation is 1. The van der Waals surface area contributed by atoms with Gasteiger partial charge >= 0.3 is 0 Å². The standard InChI is InChI=1S/C15H16BrNO3/c1-9-11-7-10(16)3-4-12(11)20-13(9)14(18)17-8-15(19)5-2-6-15/h3-4,7,19H,2,5-6,8H2,1H3,(H,17,18). The molecule has 2 N–H and O–H groups in total. The molecule has 0 aliphatic heterocycles. The molecule has 1 aromatic heterocycles. The summed E-state index contributed by atoms with van der Waals surface area (Å²) < 4.78 is 6.57. The van der Waals surface area contributed by atoms with Crippen molar-refractivity contribution in [1.29, 1.82) is 0 Å². The molecule has 1 aromatic carbocycles. The number of rotatable bonds is 3. The SMILES string of the molecule is Cc1c(C(=O)NCC2(O)CCC2)oc2ccc(Br)cc12. The molecule has 0 atom stereocenters. The lowest BCUT2D eigenvalue weighted by Gasteiger charge is -2.36. The number of halogens is 1. The predicted octanol–water partition coefficient (Wildman–Crippen LogP) is 3.15. The smallest absolute Gasteiger partial charge is 0.287 e.